The van der Waals surface area contributed by atoms with Crippen molar-refractivity contribution in [1.82, 2.24) is 9.97 Å². The molecule has 3 rings (SSSR count). The average molecular weight is 418 g/mol. The molecule has 1 amide bonds. The van der Waals surface area contributed by atoms with E-state index in [2.05, 4.69) is 25.9 Å². The molecule has 0 radical (unpaired) electrons. The van der Waals surface area contributed by atoms with Crippen LogP contribution < -0.4 is 9.64 Å². The number of anilines is 1. The van der Waals surface area contributed by atoms with Gasteiger partial charge in [0, 0.05) is 28.2 Å². The predicted molar refractivity (Wildman–Crippen MR) is 103 cm³/mol. The van der Waals surface area contributed by atoms with Gasteiger partial charge in [-0.15, -0.1) is 11.3 Å². The molecule has 5 nitrogen and oxygen atoms in total. The lowest BCUT2D eigenvalue weighted by Gasteiger charge is -2.18. The van der Waals surface area contributed by atoms with Gasteiger partial charge in [0.2, 0.25) is 0 Å². The van der Waals surface area contributed by atoms with Crippen LogP contribution in [0.4, 0.5) is 5.82 Å². The minimum atomic E-state index is -0.159. The van der Waals surface area contributed by atoms with Crippen LogP contribution in [0.25, 0.3) is 10.6 Å². The van der Waals surface area contributed by atoms with Crippen LogP contribution in [-0.4, -0.2) is 29.5 Å². The molecule has 25 heavy (non-hydrogen) atoms. The Balaban J connectivity index is 1.84. The van der Waals surface area contributed by atoms with Gasteiger partial charge in [-0.25, -0.2) is 9.97 Å². The SMILES string of the molecule is CCN(C(=O)c1csc(-c2ccc(OC)cc2)n1)c1ccc(Br)cn1. The van der Waals surface area contributed by atoms with E-state index in [1.165, 1.54) is 11.3 Å². The number of hydrogen-bond acceptors (Lipinski definition) is 5. The third-order valence-corrected chi connectivity index (χ3v) is 4.97. The van der Waals surface area contributed by atoms with Crippen molar-refractivity contribution in [3.05, 3.63) is 58.1 Å². The topological polar surface area (TPSA) is 55.3 Å². The Morgan fingerprint density at radius 2 is 2.00 bits per heavy atom. The predicted octanol–water partition coefficient (Wildman–Crippen LogP) is 4.64. The maximum Gasteiger partial charge on any atom is 0.278 e. The van der Waals surface area contributed by atoms with Crippen molar-refractivity contribution in [3.8, 4) is 16.3 Å². The number of rotatable bonds is 5. The first kappa shape index (κ1) is 17.6. The maximum atomic E-state index is 12.8. The van der Waals surface area contributed by atoms with Crippen LogP contribution in [0.15, 0.2) is 52.4 Å². The summed E-state index contributed by atoms with van der Waals surface area (Å²) in [7, 11) is 1.63. The third-order valence-electron chi connectivity index (χ3n) is 3.61. The van der Waals surface area contributed by atoms with E-state index in [1.807, 2.05) is 43.3 Å². The average Bonchev–Trinajstić information content (AvgIpc) is 3.14. The van der Waals surface area contributed by atoms with E-state index >= 15 is 0 Å². The summed E-state index contributed by atoms with van der Waals surface area (Å²) in [6.45, 7) is 2.43. The second kappa shape index (κ2) is 7.76. The molecular weight excluding hydrogens is 402 g/mol. The molecular formula is C18H16BrN3O2S. The number of carbonyl (C=O) groups is 1. The van der Waals surface area contributed by atoms with Crippen molar-refractivity contribution in [2.24, 2.45) is 0 Å². The quantitative estimate of drug-likeness (QED) is 0.606. The number of nitrogens with zero attached hydrogens (tertiary/aromatic N) is 3. The molecule has 0 aliphatic carbocycles. The lowest BCUT2D eigenvalue weighted by Crippen LogP contribution is -2.31. The van der Waals surface area contributed by atoms with E-state index in [-0.39, 0.29) is 5.91 Å². The zero-order chi connectivity index (χ0) is 17.8. The number of benzene rings is 1. The fourth-order valence-electron chi connectivity index (χ4n) is 2.31. The van der Waals surface area contributed by atoms with Gasteiger partial charge in [0.25, 0.3) is 5.91 Å². The van der Waals surface area contributed by atoms with Gasteiger partial charge in [-0.1, -0.05) is 0 Å². The summed E-state index contributed by atoms with van der Waals surface area (Å²) >= 11 is 4.79. The summed E-state index contributed by atoms with van der Waals surface area (Å²) in [5, 5.41) is 2.58. The van der Waals surface area contributed by atoms with Crippen molar-refractivity contribution in [2.45, 2.75) is 6.92 Å². The normalized spacial score (nSPS) is 10.5. The van der Waals surface area contributed by atoms with Gasteiger partial charge in [0.15, 0.2) is 0 Å². The van der Waals surface area contributed by atoms with Crippen molar-refractivity contribution in [2.75, 3.05) is 18.6 Å². The zero-order valence-corrected chi connectivity index (χ0v) is 16.2. The fraction of sp³-hybridized carbons (Fsp3) is 0.167. The van der Waals surface area contributed by atoms with Crippen LogP contribution in [0.1, 0.15) is 17.4 Å². The summed E-state index contributed by atoms with van der Waals surface area (Å²) in [4.78, 5) is 23.2. The van der Waals surface area contributed by atoms with Crippen molar-refractivity contribution in [3.63, 3.8) is 0 Å². The van der Waals surface area contributed by atoms with Gasteiger partial charge in [-0.2, -0.15) is 0 Å². The van der Waals surface area contributed by atoms with E-state index < -0.39 is 0 Å². The molecule has 0 aliphatic rings. The summed E-state index contributed by atoms with van der Waals surface area (Å²) in [5.41, 5.74) is 1.37. The van der Waals surface area contributed by atoms with Gasteiger partial charge >= 0.3 is 0 Å². The van der Waals surface area contributed by atoms with E-state index in [0.29, 0.717) is 18.1 Å². The first-order valence-corrected chi connectivity index (χ1v) is 9.33. The van der Waals surface area contributed by atoms with Gasteiger partial charge in [0.1, 0.15) is 22.3 Å². The Labute approximate surface area is 158 Å². The second-order valence-corrected chi connectivity index (χ2v) is 6.92. The highest BCUT2D eigenvalue weighted by Crippen LogP contribution is 2.27. The monoisotopic (exact) mass is 417 g/mol. The number of halogens is 1. The van der Waals surface area contributed by atoms with Crippen LogP contribution >= 0.6 is 27.3 Å². The van der Waals surface area contributed by atoms with Crippen LogP contribution in [-0.2, 0) is 0 Å². The van der Waals surface area contributed by atoms with E-state index in [1.54, 1.807) is 23.6 Å². The number of aromatic nitrogens is 2. The summed E-state index contributed by atoms with van der Waals surface area (Å²) in [5.74, 6) is 1.23. The third kappa shape index (κ3) is 3.88. The number of pyridine rings is 1. The van der Waals surface area contributed by atoms with Gasteiger partial charge in [-0.05, 0) is 59.3 Å². The highest BCUT2D eigenvalue weighted by atomic mass is 79.9. The largest absolute Gasteiger partial charge is 0.497 e. The molecule has 0 unspecified atom stereocenters. The molecule has 3 aromatic rings. The number of carbonyl (C=O) groups excluding carboxylic acids is 1. The number of methoxy groups -OCH3 is 1. The first-order valence-electron chi connectivity index (χ1n) is 7.65. The number of thiazole rings is 1. The Hall–Kier alpha value is -2.25. The van der Waals surface area contributed by atoms with Crippen LogP contribution in [0.2, 0.25) is 0 Å². The van der Waals surface area contributed by atoms with Gasteiger partial charge in [0.05, 0.1) is 7.11 Å². The molecule has 0 atom stereocenters. The smallest absolute Gasteiger partial charge is 0.278 e. The van der Waals surface area contributed by atoms with Crippen LogP contribution in [0, 0.1) is 0 Å². The molecule has 0 bridgehead atoms. The number of amides is 1. The van der Waals surface area contributed by atoms with Gasteiger partial charge < -0.3 is 4.74 Å². The number of ether oxygens (including phenoxy) is 1. The van der Waals surface area contributed by atoms with Crippen molar-refractivity contribution in [1.29, 1.82) is 0 Å². The zero-order valence-electron chi connectivity index (χ0n) is 13.8. The van der Waals surface area contributed by atoms with Crippen LogP contribution in [0.3, 0.4) is 0 Å². The highest BCUT2D eigenvalue weighted by molar-refractivity contribution is 9.10. The molecule has 0 aliphatic heterocycles. The molecule has 2 heterocycles. The second-order valence-electron chi connectivity index (χ2n) is 5.15. The molecule has 0 saturated heterocycles. The van der Waals surface area contributed by atoms with E-state index in [4.69, 9.17) is 4.74 Å². The Morgan fingerprint density at radius 1 is 1.24 bits per heavy atom. The van der Waals surface area contributed by atoms with Crippen LogP contribution in [0.5, 0.6) is 5.75 Å². The molecule has 0 saturated carbocycles. The number of hydrogen-bond donors (Lipinski definition) is 0. The molecule has 1 aromatic carbocycles. The van der Waals surface area contributed by atoms with E-state index in [9.17, 15) is 4.79 Å². The van der Waals surface area contributed by atoms with Crippen molar-refractivity contribution < 1.29 is 9.53 Å². The molecule has 0 fully saturated rings. The fourth-order valence-corrected chi connectivity index (χ4v) is 3.35. The van der Waals surface area contributed by atoms with Gasteiger partial charge in [-0.3, -0.25) is 9.69 Å². The Kier molecular flexibility index (Phi) is 5.45. The summed E-state index contributed by atoms with van der Waals surface area (Å²) in [6, 6.07) is 11.3. The molecule has 7 heteroatoms. The molecule has 2 aromatic heterocycles. The lowest BCUT2D eigenvalue weighted by atomic mass is 10.2. The lowest BCUT2D eigenvalue weighted by molar-refractivity contribution is 0.0983. The molecule has 0 spiro atoms. The Bertz CT molecular complexity index is 863. The maximum absolute atomic E-state index is 12.8. The molecule has 0 N–H and O–H groups in total. The van der Waals surface area contributed by atoms with Crippen molar-refractivity contribution >= 4 is 39.0 Å². The summed E-state index contributed by atoms with van der Waals surface area (Å²) < 4.78 is 6.03. The molecule has 128 valence electrons. The standard InChI is InChI=1S/C18H16BrN3O2S/c1-3-22(16-9-6-13(19)10-20-16)18(23)15-11-25-17(21-15)12-4-7-14(24-2)8-5-12/h4-11H,3H2,1-2H3. The van der Waals surface area contributed by atoms with E-state index in [0.717, 1.165) is 20.8 Å². The summed E-state index contributed by atoms with van der Waals surface area (Å²) in [6.07, 6.45) is 1.68. The highest BCUT2D eigenvalue weighted by Gasteiger charge is 2.20. The minimum Gasteiger partial charge on any atom is -0.497 e. The Morgan fingerprint density at radius 3 is 2.60 bits per heavy atom. The first-order chi connectivity index (χ1) is 12.1. The minimum absolute atomic E-state index is 0.159.